The van der Waals surface area contributed by atoms with E-state index in [1.807, 2.05) is 0 Å². The molecule has 0 aromatic rings. The molecule has 0 spiro atoms. The molecule has 1 saturated carbocycles. The highest BCUT2D eigenvalue weighted by molar-refractivity contribution is 4.95. The fraction of sp³-hybridized carbons (Fsp3) is 1.00. The maximum absolute atomic E-state index is 5.80. The number of ether oxygens (including phenoxy) is 1. The molecule has 2 heterocycles. The first-order valence-electron chi connectivity index (χ1n) is 7.94. The molecule has 3 aliphatic rings. The van der Waals surface area contributed by atoms with Crippen LogP contribution in [0, 0.1) is 11.8 Å². The normalized spacial score (nSPS) is 41.2. The Balaban J connectivity index is 1.50. The molecule has 0 bridgehead atoms. The molecule has 104 valence electrons. The van der Waals surface area contributed by atoms with Crippen LogP contribution in [0.1, 0.15) is 39.0 Å². The van der Waals surface area contributed by atoms with Crippen molar-refractivity contribution in [3.05, 3.63) is 0 Å². The van der Waals surface area contributed by atoms with Crippen LogP contribution in [0.4, 0.5) is 0 Å². The maximum Gasteiger partial charge on any atom is 0.0702 e. The Morgan fingerprint density at radius 1 is 1.22 bits per heavy atom. The molecule has 0 amide bonds. The maximum atomic E-state index is 5.80. The fourth-order valence-electron chi connectivity index (χ4n) is 4.33. The Hall–Kier alpha value is -0.120. The summed E-state index contributed by atoms with van der Waals surface area (Å²) < 4.78 is 5.80. The number of hydrogen-bond donors (Lipinski definition) is 1. The van der Waals surface area contributed by atoms with Gasteiger partial charge in [-0.25, -0.2) is 0 Å². The Bertz CT molecular complexity index is 269. The van der Waals surface area contributed by atoms with Gasteiger partial charge in [-0.3, -0.25) is 4.90 Å². The SMILES string of the molecule is CCOC1CCCN(CC2NCC3CCCC32)C1. The molecule has 0 radical (unpaired) electrons. The van der Waals surface area contributed by atoms with E-state index in [0.29, 0.717) is 6.10 Å². The molecule has 0 aromatic heterocycles. The number of hydrogen-bond acceptors (Lipinski definition) is 3. The number of nitrogens with one attached hydrogen (secondary N) is 1. The highest BCUT2D eigenvalue weighted by atomic mass is 16.5. The molecular weight excluding hydrogens is 224 g/mol. The van der Waals surface area contributed by atoms with E-state index in [-0.39, 0.29) is 0 Å². The third kappa shape index (κ3) is 2.73. The molecular formula is C15H28N2O. The minimum Gasteiger partial charge on any atom is -0.377 e. The van der Waals surface area contributed by atoms with Crippen LogP contribution >= 0.6 is 0 Å². The number of nitrogens with zero attached hydrogens (tertiary/aromatic N) is 1. The summed E-state index contributed by atoms with van der Waals surface area (Å²) in [7, 11) is 0. The summed E-state index contributed by atoms with van der Waals surface area (Å²) in [6.07, 6.45) is 7.46. The highest BCUT2D eigenvalue weighted by Crippen LogP contribution is 2.38. The van der Waals surface area contributed by atoms with Gasteiger partial charge in [0.1, 0.15) is 0 Å². The molecule has 3 rings (SSSR count). The Labute approximate surface area is 111 Å². The third-order valence-corrected chi connectivity index (χ3v) is 5.20. The number of fused-ring (bicyclic) bond motifs is 1. The second-order valence-corrected chi connectivity index (χ2v) is 6.35. The van der Waals surface area contributed by atoms with Gasteiger partial charge in [0.25, 0.3) is 0 Å². The van der Waals surface area contributed by atoms with Crippen molar-refractivity contribution in [1.29, 1.82) is 0 Å². The largest absolute Gasteiger partial charge is 0.377 e. The lowest BCUT2D eigenvalue weighted by atomic mass is 9.93. The number of rotatable bonds is 4. The highest BCUT2D eigenvalue weighted by Gasteiger charge is 2.39. The molecule has 2 saturated heterocycles. The van der Waals surface area contributed by atoms with E-state index in [1.165, 1.54) is 51.7 Å². The van der Waals surface area contributed by atoms with Crippen molar-refractivity contribution < 1.29 is 4.74 Å². The van der Waals surface area contributed by atoms with Gasteiger partial charge in [-0.1, -0.05) is 6.42 Å². The van der Waals surface area contributed by atoms with Crippen molar-refractivity contribution in [3.8, 4) is 0 Å². The van der Waals surface area contributed by atoms with Gasteiger partial charge in [-0.15, -0.1) is 0 Å². The third-order valence-electron chi connectivity index (χ3n) is 5.20. The van der Waals surface area contributed by atoms with Gasteiger partial charge in [0.15, 0.2) is 0 Å². The predicted octanol–water partition coefficient (Wildman–Crippen LogP) is 1.88. The van der Waals surface area contributed by atoms with Gasteiger partial charge in [0, 0.05) is 25.7 Å². The van der Waals surface area contributed by atoms with Crippen LogP contribution < -0.4 is 5.32 Å². The van der Waals surface area contributed by atoms with Crippen LogP contribution in [0.2, 0.25) is 0 Å². The number of piperidine rings is 1. The van der Waals surface area contributed by atoms with E-state index in [4.69, 9.17) is 4.74 Å². The van der Waals surface area contributed by atoms with Crippen molar-refractivity contribution in [1.82, 2.24) is 10.2 Å². The van der Waals surface area contributed by atoms with E-state index in [1.54, 1.807) is 0 Å². The summed E-state index contributed by atoms with van der Waals surface area (Å²) in [6, 6.07) is 0.762. The van der Waals surface area contributed by atoms with Crippen LogP contribution in [-0.2, 0) is 4.74 Å². The zero-order valence-corrected chi connectivity index (χ0v) is 11.7. The van der Waals surface area contributed by atoms with Crippen molar-refractivity contribution in [2.24, 2.45) is 11.8 Å². The van der Waals surface area contributed by atoms with Crippen molar-refractivity contribution in [2.75, 3.05) is 32.8 Å². The van der Waals surface area contributed by atoms with Crippen LogP contribution in [0.25, 0.3) is 0 Å². The average Bonchev–Trinajstić information content (AvgIpc) is 2.95. The van der Waals surface area contributed by atoms with Gasteiger partial charge in [0.2, 0.25) is 0 Å². The van der Waals surface area contributed by atoms with Crippen LogP contribution in [0.15, 0.2) is 0 Å². The summed E-state index contributed by atoms with van der Waals surface area (Å²) >= 11 is 0. The van der Waals surface area contributed by atoms with Crippen LogP contribution in [-0.4, -0.2) is 49.8 Å². The Kier molecular flexibility index (Phi) is 4.22. The second kappa shape index (κ2) is 5.89. The van der Waals surface area contributed by atoms with Crippen molar-refractivity contribution in [2.45, 2.75) is 51.2 Å². The van der Waals surface area contributed by atoms with E-state index >= 15 is 0 Å². The van der Waals surface area contributed by atoms with E-state index in [2.05, 4.69) is 17.1 Å². The van der Waals surface area contributed by atoms with Crippen molar-refractivity contribution in [3.63, 3.8) is 0 Å². The summed E-state index contributed by atoms with van der Waals surface area (Å²) in [5.41, 5.74) is 0. The van der Waals surface area contributed by atoms with E-state index in [9.17, 15) is 0 Å². The molecule has 4 unspecified atom stereocenters. The molecule has 1 aliphatic carbocycles. The lowest BCUT2D eigenvalue weighted by Gasteiger charge is -2.35. The topological polar surface area (TPSA) is 24.5 Å². The van der Waals surface area contributed by atoms with Gasteiger partial charge in [0.05, 0.1) is 6.10 Å². The lowest BCUT2D eigenvalue weighted by Crippen LogP contribution is -2.46. The molecule has 0 aromatic carbocycles. The Morgan fingerprint density at radius 2 is 2.17 bits per heavy atom. The minimum atomic E-state index is 0.490. The van der Waals surface area contributed by atoms with Crippen LogP contribution in [0.5, 0.6) is 0 Å². The zero-order valence-electron chi connectivity index (χ0n) is 11.7. The fourth-order valence-corrected chi connectivity index (χ4v) is 4.33. The predicted molar refractivity (Wildman–Crippen MR) is 73.7 cm³/mol. The van der Waals surface area contributed by atoms with Gasteiger partial charge >= 0.3 is 0 Å². The summed E-state index contributed by atoms with van der Waals surface area (Å²) in [5.74, 6) is 1.96. The first-order chi connectivity index (χ1) is 8.86. The molecule has 2 aliphatic heterocycles. The standard InChI is InChI=1S/C15H28N2O/c1-2-18-13-6-4-8-17(10-13)11-15-14-7-3-5-12(14)9-16-15/h12-16H,2-11H2,1H3. The second-order valence-electron chi connectivity index (χ2n) is 6.35. The molecule has 1 N–H and O–H groups in total. The molecule has 4 atom stereocenters. The summed E-state index contributed by atoms with van der Waals surface area (Å²) in [4.78, 5) is 2.64. The van der Waals surface area contributed by atoms with E-state index < -0.39 is 0 Å². The van der Waals surface area contributed by atoms with E-state index in [0.717, 1.165) is 31.0 Å². The number of likely N-dealkylation sites (tertiary alicyclic amines) is 1. The molecule has 3 heteroatoms. The summed E-state index contributed by atoms with van der Waals surface area (Å²) in [6.45, 7) is 7.94. The zero-order chi connectivity index (χ0) is 12.4. The van der Waals surface area contributed by atoms with Crippen LogP contribution in [0.3, 0.4) is 0 Å². The minimum absolute atomic E-state index is 0.490. The average molecular weight is 252 g/mol. The van der Waals surface area contributed by atoms with Gasteiger partial charge in [-0.2, -0.15) is 0 Å². The van der Waals surface area contributed by atoms with Gasteiger partial charge in [-0.05, 0) is 57.5 Å². The first-order valence-corrected chi connectivity index (χ1v) is 7.94. The first kappa shape index (κ1) is 12.9. The smallest absolute Gasteiger partial charge is 0.0702 e. The molecule has 3 fully saturated rings. The lowest BCUT2D eigenvalue weighted by molar-refractivity contribution is 0.00274. The Morgan fingerprint density at radius 3 is 3.06 bits per heavy atom. The molecule has 3 nitrogen and oxygen atoms in total. The quantitative estimate of drug-likeness (QED) is 0.827. The monoisotopic (exact) mass is 252 g/mol. The van der Waals surface area contributed by atoms with Crippen molar-refractivity contribution >= 4 is 0 Å². The van der Waals surface area contributed by atoms with Gasteiger partial charge < -0.3 is 10.1 Å². The molecule has 18 heavy (non-hydrogen) atoms. The summed E-state index contributed by atoms with van der Waals surface area (Å²) in [5, 5.41) is 3.77.